The highest BCUT2D eigenvalue weighted by Crippen LogP contribution is 2.45. The lowest BCUT2D eigenvalue weighted by atomic mass is 9.91. The summed E-state index contributed by atoms with van der Waals surface area (Å²) in [5.41, 5.74) is 3.99. The van der Waals surface area contributed by atoms with Crippen molar-refractivity contribution in [1.29, 1.82) is 0 Å². The number of hydrogen-bond acceptors (Lipinski definition) is 4. The first-order chi connectivity index (χ1) is 16.4. The molecule has 0 bridgehead atoms. The van der Waals surface area contributed by atoms with E-state index in [1.54, 1.807) is 0 Å². The zero-order chi connectivity index (χ0) is 24.1. The van der Waals surface area contributed by atoms with Crippen LogP contribution in [0.15, 0.2) is 48.5 Å². The highest BCUT2D eigenvalue weighted by molar-refractivity contribution is 5.80. The van der Waals surface area contributed by atoms with Gasteiger partial charge in [0.05, 0.1) is 5.54 Å². The number of ether oxygens (including phenoxy) is 1. The summed E-state index contributed by atoms with van der Waals surface area (Å²) in [5.74, 6) is -0.756. The van der Waals surface area contributed by atoms with Gasteiger partial charge in [0.1, 0.15) is 6.61 Å². The number of benzene rings is 2. The molecule has 0 aliphatic heterocycles. The number of fused-ring (bicyclic) bond motifs is 3. The normalized spacial score (nSPS) is 16.1. The Balaban J connectivity index is 1.31. The highest BCUT2D eigenvalue weighted by atomic mass is 16.5. The Morgan fingerprint density at radius 2 is 1.62 bits per heavy atom. The van der Waals surface area contributed by atoms with Crippen LogP contribution in [0.1, 0.15) is 62.5 Å². The first-order valence-corrected chi connectivity index (χ1v) is 12.0. The van der Waals surface area contributed by atoms with Crippen LogP contribution in [0.3, 0.4) is 0 Å². The molecule has 2 aliphatic rings. The van der Waals surface area contributed by atoms with Crippen LogP contribution >= 0.6 is 0 Å². The molecule has 1 fully saturated rings. The number of unbranched alkanes of at least 4 members (excludes halogenated alkanes) is 1. The van der Waals surface area contributed by atoms with Crippen molar-refractivity contribution in [3.05, 3.63) is 59.7 Å². The quantitative estimate of drug-likeness (QED) is 0.426. The number of carbonyl (C=O) groups excluding carboxylic acids is 2. The minimum atomic E-state index is -0.833. The van der Waals surface area contributed by atoms with E-state index >= 15 is 0 Å². The Kier molecular flexibility index (Phi) is 7.20. The minimum Gasteiger partial charge on any atom is -0.481 e. The third-order valence-corrected chi connectivity index (χ3v) is 6.88. The fourth-order valence-corrected chi connectivity index (χ4v) is 4.90. The van der Waals surface area contributed by atoms with Crippen LogP contribution in [0.4, 0.5) is 4.79 Å². The molecule has 180 valence electrons. The molecule has 2 aliphatic carbocycles. The standard InChI is InChI=1S/C27H32N2O5/c1-27(18-13-14-18,16-24(30)28-15-7-6-12-25(31)32)29-26(33)34-17-23-21-10-4-2-8-19(21)20-9-3-5-11-22(20)23/h2-5,8-11,18,23H,6-7,12-17H2,1H3,(H,28,30)(H,29,33)(H,31,32). The molecular formula is C27H32N2O5. The summed E-state index contributed by atoms with van der Waals surface area (Å²) in [6.45, 7) is 2.56. The number of hydrogen-bond donors (Lipinski definition) is 3. The summed E-state index contributed by atoms with van der Waals surface area (Å²) in [6.07, 6.45) is 2.81. The van der Waals surface area contributed by atoms with Crippen LogP contribution in [-0.2, 0) is 14.3 Å². The second-order valence-electron chi connectivity index (χ2n) is 9.52. The Hall–Kier alpha value is -3.35. The van der Waals surface area contributed by atoms with Gasteiger partial charge in [-0.3, -0.25) is 9.59 Å². The molecule has 1 atom stereocenters. The molecule has 0 heterocycles. The zero-order valence-electron chi connectivity index (χ0n) is 19.5. The summed E-state index contributed by atoms with van der Waals surface area (Å²) in [4.78, 5) is 35.9. The number of carbonyl (C=O) groups is 3. The summed E-state index contributed by atoms with van der Waals surface area (Å²) < 4.78 is 5.69. The molecule has 0 spiro atoms. The van der Waals surface area contributed by atoms with Gasteiger partial charge in [-0.05, 0) is 60.8 Å². The van der Waals surface area contributed by atoms with E-state index in [1.165, 1.54) is 11.1 Å². The molecule has 3 N–H and O–H groups in total. The van der Waals surface area contributed by atoms with Gasteiger partial charge in [-0.15, -0.1) is 0 Å². The SMILES string of the molecule is CC(CC(=O)NCCCCC(=O)O)(NC(=O)OCC1c2ccccc2-c2ccccc21)C1CC1. The first-order valence-electron chi connectivity index (χ1n) is 12.0. The van der Waals surface area contributed by atoms with E-state index in [2.05, 4.69) is 34.9 Å². The molecule has 2 aromatic carbocycles. The Morgan fingerprint density at radius 1 is 1.00 bits per heavy atom. The van der Waals surface area contributed by atoms with E-state index in [-0.39, 0.29) is 37.2 Å². The third-order valence-electron chi connectivity index (χ3n) is 6.88. The fraction of sp³-hybridized carbons (Fsp3) is 0.444. The minimum absolute atomic E-state index is 0.0144. The number of rotatable bonds is 11. The van der Waals surface area contributed by atoms with Crippen molar-refractivity contribution < 1.29 is 24.2 Å². The van der Waals surface area contributed by atoms with E-state index in [0.717, 1.165) is 24.0 Å². The fourth-order valence-electron chi connectivity index (χ4n) is 4.90. The van der Waals surface area contributed by atoms with Crippen molar-refractivity contribution in [1.82, 2.24) is 10.6 Å². The van der Waals surface area contributed by atoms with Gasteiger partial charge in [-0.1, -0.05) is 48.5 Å². The molecule has 0 saturated heterocycles. The summed E-state index contributed by atoms with van der Waals surface area (Å²) in [5, 5.41) is 14.5. The van der Waals surface area contributed by atoms with Gasteiger partial charge in [0.2, 0.25) is 5.91 Å². The molecule has 1 unspecified atom stereocenters. The maximum Gasteiger partial charge on any atom is 0.407 e. The Morgan fingerprint density at radius 3 is 2.21 bits per heavy atom. The van der Waals surface area contributed by atoms with Gasteiger partial charge in [0.15, 0.2) is 0 Å². The second-order valence-corrected chi connectivity index (χ2v) is 9.52. The topological polar surface area (TPSA) is 105 Å². The van der Waals surface area contributed by atoms with Crippen molar-refractivity contribution in [2.24, 2.45) is 5.92 Å². The lowest BCUT2D eigenvalue weighted by molar-refractivity contribution is -0.137. The van der Waals surface area contributed by atoms with E-state index in [4.69, 9.17) is 9.84 Å². The highest BCUT2D eigenvalue weighted by Gasteiger charge is 2.44. The average Bonchev–Trinajstić information content (AvgIpc) is 3.61. The summed E-state index contributed by atoms with van der Waals surface area (Å²) in [7, 11) is 0. The van der Waals surface area contributed by atoms with Crippen molar-refractivity contribution in [3.8, 4) is 11.1 Å². The number of carboxylic acids is 1. The molecule has 0 radical (unpaired) electrons. The van der Waals surface area contributed by atoms with Gasteiger partial charge in [-0.2, -0.15) is 0 Å². The second kappa shape index (κ2) is 10.3. The zero-order valence-corrected chi connectivity index (χ0v) is 19.5. The lowest BCUT2D eigenvalue weighted by Crippen LogP contribution is -2.51. The van der Waals surface area contributed by atoms with Gasteiger partial charge in [0, 0.05) is 25.3 Å². The molecule has 1 saturated carbocycles. The maximum absolute atomic E-state index is 12.8. The monoisotopic (exact) mass is 464 g/mol. The number of aliphatic carboxylic acids is 1. The molecule has 34 heavy (non-hydrogen) atoms. The summed E-state index contributed by atoms with van der Waals surface area (Å²) >= 11 is 0. The molecule has 7 heteroatoms. The molecule has 7 nitrogen and oxygen atoms in total. The van der Waals surface area contributed by atoms with Crippen LogP contribution in [0.25, 0.3) is 11.1 Å². The summed E-state index contributed by atoms with van der Waals surface area (Å²) in [6, 6.07) is 16.4. The van der Waals surface area contributed by atoms with Gasteiger partial charge in [-0.25, -0.2) is 4.79 Å². The van der Waals surface area contributed by atoms with E-state index in [9.17, 15) is 14.4 Å². The third kappa shape index (κ3) is 5.58. The van der Waals surface area contributed by atoms with Crippen molar-refractivity contribution in [2.45, 2.75) is 56.9 Å². The number of nitrogens with one attached hydrogen (secondary N) is 2. The van der Waals surface area contributed by atoms with E-state index < -0.39 is 17.6 Å². The molecule has 4 rings (SSSR count). The van der Waals surface area contributed by atoms with Gasteiger partial charge in [0.25, 0.3) is 0 Å². The van der Waals surface area contributed by atoms with Crippen LogP contribution in [-0.4, -0.2) is 41.8 Å². The Bertz CT molecular complexity index is 1020. The number of alkyl carbamates (subject to hydrolysis) is 1. The van der Waals surface area contributed by atoms with Crippen LogP contribution in [0.2, 0.25) is 0 Å². The molecular weight excluding hydrogens is 432 g/mol. The molecule has 2 aromatic rings. The largest absolute Gasteiger partial charge is 0.481 e. The number of amides is 2. The van der Waals surface area contributed by atoms with Gasteiger partial charge < -0.3 is 20.5 Å². The van der Waals surface area contributed by atoms with Crippen molar-refractivity contribution in [3.63, 3.8) is 0 Å². The lowest BCUT2D eigenvalue weighted by Gasteiger charge is -2.30. The molecule has 2 amide bonds. The average molecular weight is 465 g/mol. The smallest absolute Gasteiger partial charge is 0.407 e. The predicted molar refractivity (Wildman–Crippen MR) is 128 cm³/mol. The predicted octanol–water partition coefficient (Wildman–Crippen LogP) is 4.46. The first kappa shape index (κ1) is 23.8. The maximum atomic E-state index is 12.8. The van der Waals surface area contributed by atoms with E-state index in [0.29, 0.717) is 19.4 Å². The Labute approximate surface area is 199 Å². The van der Waals surface area contributed by atoms with E-state index in [1.807, 2.05) is 31.2 Å². The van der Waals surface area contributed by atoms with Gasteiger partial charge >= 0.3 is 12.1 Å². The number of carboxylic acid groups (broad SMARTS) is 1. The van der Waals surface area contributed by atoms with Crippen molar-refractivity contribution in [2.75, 3.05) is 13.2 Å². The van der Waals surface area contributed by atoms with Crippen molar-refractivity contribution >= 4 is 18.0 Å². The molecule has 0 aromatic heterocycles. The van der Waals surface area contributed by atoms with Crippen LogP contribution < -0.4 is 10.6 Å². The van der Waals surface area contributed by atoms with Crippen LogP contribution in [0, 0.1) is 5.92 Å². The van der Waals surface area contributed by atoms with Crippen LogP contribution in [0.5, 0.6) is 0 Å².